The van der Waals surface area contributed by atoms with Crippen LogP contribution in [0.15, 0.2) is 61.1 Å². The molecule has 0 spiro atoms. The fourth-order valence-electron chi connectivity index (χ4n) is 3.23. The molecule has 0 fully saturated rings. The molecule has 32 heavy (non-hydrogen) atoms. The molecule has 2 heterocycles. The minimum absolute atomic E-state index is 0.0251. The first-order chi connectivity index (χ1) is 15.4. The number of carbonyl (C=O) groups excluding carboxylic acids is 2. The monoisotopic (exact) mass is 448 g/mol. The normalized spacial score (nSPS) is 10.9. The van der Waals surface area contributed by atoms with Crippen molar-refractivity contribution in [1.82, 2.24) is 20.3 Å². The average molecular weight is 449 g/mol. The van der Waals surface area contributed by atoms with Gasteiger partial charge in [0.05, 0.1) is 16.1 Å². The highest BCUT2D eigenvalue weighted by atomic mass is 35.5. The van der Waals surface area contributed by atoms with Gasteiger partial charge in [-0.1, -0.05) is 29.8 Å². The van der Waals surface area contributed by atoms with Gasteiger partial charge in [-0.2, -0.15) is 0 Å². The number of benzene rings is 2. The van der Waals surface area contributed by atoms with Crippen LogP contribution in [0.4, 0.5) is 16.2 Å². The van der Waals surface area contributed by atoms with E-state index >= 15 is 0 Å². The lowest BCUT2D eigenvalue weighted by atomic mass is 10.1. The van der Waals surface area contributed by atoms with Crippen molar-refractivity contribution in [3.63, 3.8) is 0 Å². The molecule has 8 nitrogen and oxygen atoms in total. The van der Waals surface area contributed by atoms with E-state index in [0.717, 1.165) is 10.9 Å². The highest BCUT2D eigenvalue weighted by Gasteiger charge is 2.12. The molecule has 0 aliphatic rings. The molecule has 0 saturated heterocycles. The number of aromatic amines is 1. The summed E-state index contributed by atoms with van der Waals surface area (Å²) in [5, 5.41) is 9.63. The van der Waals surface area contributed by atoms with Gasteiger partial charge >= 0.3 is 6.03 Å². The molecule has 0 saturated carbocycles. The molecule has 4 aromatic rings. The zero-order valence-electron chi connectivity index (χ0n) is 17.4. The van der Waals surface area contributed by atoms with E-state index in [-0.39, 0.29) is 11.9 Å². The topological polar surface area (TPSA) is 112 Å². The number of rotatable bonds is 5. The second-order valence-corrected chi connectivity index (χ2v) is 7.86. The van der Waals surface area contributed by atoms with E-state index in [0.29, 0.717) is 33.3 Å². The highest BCUT2D eigenvalue weighted by molar-refractivity contribution is 6.36. The van der Waals surface area contributed by atoms with E-state index in [2.05, 4.69) is 30.9 Å². The largest absolute Gasteiger partial charge is 0.350 e. The number of aromatic nitrogens is 3. The van der Waals surface area contributed by atoms with E-state index in [9.17, 15) is 9.59 Å². The fourth-order valence-corrected chi connectivity index (χ4v) is 3.47. The van der Waals surface area contributed by atoms with Crippen LogP contribution in [-0.4, -0.2) is 32.9 Å². The highest BCUT2D eigenvalue weighted by Crippen LogP contribution is 2.31. The van der Waals surface area contributed by atoms with E-state index in [1.54, 1.807) is 42.6 Å². The molecule has 3 amide bonds. The predicted molar refractivity (Wildman–Crippen MR) is 126 cm³/mol. The van der Waals surface area contributed by atoms with Gasteiger partial charge in [0.2, 0.25) is 0 Å². The van der Waals surface area contributed by atoms with Crippen LogP contribution in [0.3, 0.4) is 0 Å². The SMILES string of the molecule is CC(C)NC(=O)c1cccc(NC(=O)Nc2ccc(-c3ncnc4[nH]cc(Cl)c34)cc2)c1. The first-order valence-electron chi connectivity index (χ1n) is 9.97. The number of nitrogens with zero attached hydrogens (tertiary/aromatic N) is 2. The zero-order chi connectivity index (χ0) is 22.7. The first kappa shape index (κ1) is 21.3. The van der Waals surface area contributed by atoms with Gasteiger partial charge in [0.15, 0.2) is 0 Å². The molecule has 0 radical (unpaired) electrons. The molecule has 162 valence electrons. The van der Waals surface area contributed by atoms with Crippen molar-refractivity contribution < 1.29 is 9.59 Å². The van der Waals surface area contributed by atoms with Crippen molar-refractivity contribution in [3.05, 3.63) is 71.6 Å². The molecule has 4 rings (SSSR count). The van der Waals surface area contributed by atoms with Crippen LogP contribution >= 0.6 is 11.6 Å². The van der Waals surface area contributed by atoms with Crippen LogP contribution < -0.4 is 16.0 Å². The van der Waals surface area contributed by atoms with Crippen molar-refractivity contribution in [3.8, 4) is 11.3 Å². The molecule has 4 N–H and O–H groups in total. The molecule has 0 aliphatic carbocycles. The number of urea groups is 1. The summed E-state index contributed by atoms with van der Waals surface area (Å²) in [7, 11) is 0. The fraction of sp³-hybridized carbons (Fsp3) is 0.130. The van der Waals surface area contributed by atoms with E-state index in [1.165, 1.54) is 6.33 Å². The smallest absolute Gasteiger partial charge is 0.323 e. The summed E-state index contributed by atoms with van der Waals surface area (Å²) in [5.74, 6) is -0.194. The van der Waals surface area contributed by atoms with Gasteiger partial charge in [0.1, 0.15) is 12.0 Å². The molecule has 0 unspecified atom stereocenters. The van der Waals surface area contributed by atoms with Crippen LogP contribution in [0, 0.1) is 0 Å². The molecule has 2 aromatic heterocycles. The Labute approximate surface area is 189 Å². The van der Waals surface area contributed by atoms with Crippen LogP contribution in [0.1, 0.15) is 24.2 Å². The maximum absolute atomic E-state index is 12.4. The van der Waals surface area contributed by atoms with Crippen molar-refractivity contribution in [2.24, 2.45) is 0 Å². The Balaban J connectivity index is 1.44. The zero-order valence-corrected chi connectivity index (χ0v) is 18.2. The lowest BCUT2D eigenvalue weighted by Crippen LogP contribution is -2.30. The molecule has 0 bridgehead atoms. The summed E-state index contributed by atoms with van der Waals surface area (Å²) in [6.45, 7) is 3.78. The summed E-state index contributed by atoms with van der Waals surface area (Å²) in [6, 6.07) is 13.6. The standard InChI is InChI=1S/C23H21ClN6O2/c1-13(2)28-22(31)15-4-3-5-17(10-15)30-23(32)29-16-8-6-14(7-9-16)20-19-18(24)11-25-21(19)27-12-26-20/h3-13H,1-2H3,(H,28,31)(H,25,26,27)(H2,29,30,32). The van der Waals surface area contributed by atoms with Crippen LogP contribution in [0.25, 0.3) is 22.3 Å². The summed E-state index contributed by atoms with van der Waals surface area (Å²) >= 11 is 6.26. The Morgan fingerprint density at radius 3 is 2.50 bits per heavy atom. The number of hydrogen-bond acceptors (Lipinski definition) is 4. The first-order valence-corrected chi connectivity index (χ1v) is 10.4. The van der Waals surface area contributed by atoms with Gasteiger partial charge in [-0.05, 0) is 44.2 Å². The van der Waals surface area contributed by atoms with Gasteiger partial charge in [0, 0.05) is 34.7 Å². The van der Waals surface area contributed by atoms with Gasteiger partial charge in [-0.25, -0.2) is 14.8 Å². The predicted octanol–water partition coefficient (Wildman–Crippen LogP) is 5.06. The van der Waals surface area contributed by atoms with Crippen molar-refractivity contribution in [1.29, 1.82) is 0 Å². The minimum atomic E-state index is -0.419. The molecular formula is C23H21ClN6O2. The quantitative estimate of drug-likeness (QED) is 0.342. The van der Waals surface area contributed by atoms with Crippen molar-refractivity contribution in [2.75, 3.05) is 10.6 Å². The number of anilines is 2. The number of fused-ring (bicyclic) bond motifs is 1. The molecule has 2 aromatic carbocycles. The Morgan fingerprint density at radius 2 is 1.75 bits per heavy atom. The Hall–Kier alpha value is -3.91. The van der Waals surface area contributed by atoms with Gasteiger partial charge in [0.25, 0.3) is 5.91 Å². The number of halogens is 1. The molecule has 0 atom stereocenters. The number of nitrogens with one attached hydrogen (secondary N) is 4. The third kappa shape index (κ3) is 4.70. The Morgan fingerprint density at radius 1 is 1.00 bits per heavy atom. The van der Waals surface area contributed by atoms with E-state index in [4.69, 9.17) is 11.6 Å². The number of amides is 3. The molecule has 0 aliphatic heterocycles. The number of H-pyrrole nitrogens is 1. The van der Waals surface area contributed by atoms with E-state index < -0.39 is 6.03 Å². The van der Waals surface area contributed by atoms with Gasteiger partial charge in [-0.15, -0.1) is 0 Å². The van der Waals surface area contributed by atoms with Crippen molar-refractivity contribution in [2.45, 2.75) is 19.9 Å². The summed E-state index contributed by atoms with van der Waals surface area (Å²) in [6.07, 6.45) is 3.14. The molecule has 9 heteroatoms. The lowest BCUT2D eigenvalue weighted by Gasteiger charge is -2.11. The van der Waals surface area contributed by atoms with Crippen LogP contribution in [-0.2, 0) is 0 Å². The second kappa shape index (κ2) is 9.07. The third-order valence-corrected chi connectivity index (χ3v) is 4.94. The second-order valence-electron chi connectivity index (χ2n) is 7.45. The lowest BCUT2D eigenvalue weighted by molar-refractivity contribution is 0.0943. The van der Waals surface area contributed by atoms with Crippen LogP contribution in [0.2, 0.25) is 5.02 Å². The Bertz CT molecular complexity index is 1280. The van der Waals surface area contributed by atoms with Crippen LogP contribution in [0.5, 0.6) is 0 Å². The molecular weight excluding hydrogens is 428 g/mol. The number of carbonyl (C=O) groups is 2. The third-order valence-electron chi connectivity index (χ3n) is 4.64. The maximum atomic E-state index is 12.4. The van der Waals surface area contributed by atoms with Gasteiger partial charge in [-0.3, -0.25) is 4.79 Å². The summed E-state index contributed by atoms with van der Waals surface area (Å²) < 4.78 is 0. The van der Waals surface area contributed by atoms with Gasteiger partial charge < -0.3 is 20.9 Å². The van der Waals surface area contributed by atoms with Crippen molar-refractivity contribution >= 4 is 45.9 Å². The van der Waals surface area contributed by atoms with E-state index in [1.807, 2.05) is 26.0 Å². The Kier molecular flexibility index (Phi) is 6.04. The average Bonchev–Trinajstić information content (AvgIpc) is 3.15. The minimum Gasteiger partial charge on any atom is -0.350 e. The summed E-state index contributed by atoms with van der Waals surface area (Å²) in [5.41, 5.74) is 3.79. The maximum Gasteiger partial charge on any atom is 0.323 e. The summed E-state index contributed by atoms with van der Waals surface area (Å²) in [4.78, 5) is 36.1. The number of hydrogen-bond donors (Lipinski definition) is 4.